The molecule has 5 nitrogen and oxygen atoms in total. The molecule has 2 rings (SSSR count). The summed E-state index contributed by atoms with van der Waals surface area (Å²) in [6.45, 7) is 2.52. The molecule has 1 aromatic rings. The van der Waals surface area contributed by atoms with E-state index in [9.17, 15) is 23.3 Å². The monoisotopic (exact) mass is 331 g/mol. The number of nitrogens with zero attached hydrogens (tertiary/aromatic N) is 2. The SMILES string of the molecule is Cc1cc([N+](=O)[O-])ccc1NCC1CCN(CC(F)(F)F)CC1. The summed E-state index contributed by atoms with van der Waals surface area (Å²) in [6, 6.07) is 4.63. The summed E-state index contributed by atoms with van der Waals surface area (Å²) in [5.74, 6) is 0.314. The fourth-order valence-electron chi connectivity index (χ4n) is 2.82. The van der Waals surface area contributed by atoms with E-state index in [4.69, 9.17) is 0 Å². The summed E-state index contributed by atoms with van der Waals surface area (Å²) in [5.41, 5.74) is 1.66. The summed E-state index contributed by atoms with van der Waals surface area (Å²) in [7, 11) is 0. The van der Waals surface area contributed by atoms with Gasteiger partial charge >= 0.3 is 6.18 Å². The molecule has 0 bridgehead atoms. The molecule has 0 radical (unpaired) electrons. The molecule has 0 unspecified atom stereocenters. The Balaban J connectivity index is 1.80. The zero-order valence-corrected chi connectivity index (χ0v) is 12.9. The number of likely N-dealkylation sites (tertiary alicyclic amines) is 1. The Morgan fingerprint density at radius 1 is 1.35 bits per heavy atom. The maximum Gasteiger partial charge on any atom is 0.401 e. The van der Waals surface area contributed by atoms with E-state index in [1.54, 1.807) is 13.0 Å². The Morgan fingerprint density at radius 3 is 2.52 bits per heavy atom. The van der Waals surface area contributed by atoms with Gasteiger partial charge in [-0.1, -0.05) is 0 Å². The van der Waals surface area contributed by atoms with E-state index in [2.05, 4.69) is 5.32 Å². The van der Waals surface area contributed by atoms with E-state index in [1.165, 1.54) is 17.0 Å². The molecule has 0 aromatic heterocycles. The van der Waals surface area contributed by atoms with Gasteiger partial charge in [-0.2, -0.15) is 13.2 Å². The lowest BCUT2D eigenvalue weighted by Gasteiger charge is -2.32. The standard InChI is InChI=1S/C15H20F3N3O2/c1-11-8-13(21(22)23)2-3-14(11)19-9-12-4-6-20(7-5-12)10-15(16,17)18/h2-3,8,12,19H,4-7,9-10H2,1H3. The van der Waals surface area contributed by atoms with Gasteiger partial charge in [0.2, 0.25) is 0 Å². The van der Waals surface area contributed by atoms with Crippen molar-refractivity contribution in [1.29, 1.82) is 0 Å². The molecule has 0 saturated carbocycles. The highest BCUT2D eigenvalue weighted by Crippen LogP contribution is 2.25. The normalized spacial score (nSPS) is 17.2. The molecule has 1 saturated heterocycles. The van der Waals surface area contributed by atoms with Crippen LogP contribution in [0.15, 0.2) is 18.2 Å². The second-order valence-corrected chi connectivity index (χ2v) is 5.97. The minimum atomic E-state index is -4.14. The molecule has 1 aliphatic heterocycles. The molecule has 0 atom stereocenters. The second-order valence-electron chi connectivity index (χ2n) is 5.97. The Labute approximate surface area is 132 Å². The van der Waals surface area contributed by atoms with Crippen molar-refractivity contribution < 1.29 is 18.1 Å². The van der Waals surface area contributed by atoms with Crippen molar-refractivity contribution in [1.82, 2.24) is 4.90 Å². The number of alkyl halides is 3. The molecule has 128 valence electrons. The van der Waals surface area contributed by atoms with Crippen LogP contribution < -0.4 is 5.32 Å². The number of halogens is 3. The van der Waals surface area contributed by atoms with Crippen LogP contribution in [0.1, 0.15) is 18.4 Å². The number of anilines is 1. The van der Waals surface area contributed by atoms with E-state index >= 15 is 0 Å². The summed E-state index contributed by atoms with van der Waals surface area (Å²) in [6.07, 6.45) is -2.70. The number of non-ortho nitro benzene ring substituents is 1. The summed E-state index contributed by atoms with van der Waals surface area (Å²) in [4.78, 5) is 11.7. The van der Waals surface area contributed by atoms with Gasteiger partial charge in [-0.05, 0) is 50.4 Å². The predicted octanol–water partition coefficient (Wildman–Crippen LogP) is 3.59. The zero-order chi connectivity index (χ0) is 17.0. The van der Waals surface area contributed by atoms with Gasteiger partial charge in [0.25, 0.3) is 5.69 Å². The van der Waals surface area contributed by atoms with E-state index in [0.717, 1.165) is 24.1 Å². The van der Waals surface area contributed by atoms with Crippen molar-refractivity contribution in [2.45, 2.75) is 25.9 Å². The number of hydrogen-bond donors (Lipinski definition) is 1. The molecule has 0 amide bonds. The molecule has 1 heterocycles. The van der Waals surface area contributed by atoms with E-state index in [-0.39, 0.29) is 5.69 Å². The largest absolute Gasteiger partial charge is 0.401 e. The topological polar surface area (TPSA) is 58.4 Å². The fraction of sp³-hybridized carbons (Fsp3) is 0.600. The molecular formula is C15H20F3N3O2. The second kappa shape index (κ2) is 7.16. The summed E-state index contributed by atoms with van der Waals surface area (Å²) >= 11 is 0. The number of hydrogen-bond acceptors (Lipinski definition) is 4. The van der Waals surface area contributed by atoms with Crippen molar-refractivity contribution in [3.8, 4) is 0 Å². The van der Waals surface area contributed by atoms with Gasteiger partial charge in [0.05, 0.1) is 11.5 Å². The first-order chi connectivity index (χ1) is 10.7. The maximum absolute atomic E-state index is 12.3. The molecular weight excluding hydrogens is 311 g/mol. The molecule has 1 fully saturated rings. The van der Waals surface area contributed by atoms with Crippen molar-refractivity contribution in [2.75, 3.05) is 31.5 Å². The van der Waals surface area contributed by atoms with Crippen LogP contribution in [-0.2, 0) is 0 Å². The van der Waals surface area contributed by atoms with Crippen LogP contribution in [0.5, 0.6) is 0 Å². The number of rotatable bonds is 5. The third-order valence-corrected chi connectivity index (χ3v) is 4.11. The average Bonchev–Trinajstić information content (AvgIpc) is 2.45. The van der Waals surface area contributed by atoms with Gasteiger partial charge in [-0.25, -0.2) is 0 Å². The third kappa shape index (κ3) is 5.38. The molecule has 8 heteroatoms. The van der Waals surface area contributed by atoms with Crippen molar-refractivity contribution >= 4 is 11.4 Å². The maximum atomic E-state index is 12.3. The smallest absolute Gasteiger partial charge is 0.385 e. The van der Waals surface area contributed by atoms with E-state index < -0.39 is 17.6 Å². The van der Waals surface area contributed by atoms with E-state index in [0.29, 0.717) is 25.6 Å². The van der Waals surface area contributed by atoms with Crippen molar-refractivity contribution in [3.63, 3.8) is 0 Å². The minimum absolute atomic E-state index is 0.0495. The first kappa shape index (κ1) is 17.5. The van der Waals surface area contributed by atoms with Crippen LogP contribution in [0.25, 0.3) is 0 Å². The summed E-state index contributed by atoms with van der Waals surface area (Å²) in [5, 5.41) is 13.9. The van der Waals surface area contributed by atoms with Crippen molar-refractivity contribution in [2.24, 2.45) is 5.92 Å². The number of nitrogens with one attached hydrogen (secondary N) is 1. The van der Waals surface area contributed by atoms with Crippen molar-refractivity contribution in [3.05, 3.63) is 33.9 Å². The van der Waals surface area contributed by atoms with Crippen LogP contribution in [-0.4, -0.2) is 42.2 Å². The highest BCUT2D eigenvalue weighted by Gasteiger charge is 2.32. The quantitative estimate of drug-likeness (QED) is 0.662. The Hall–Kier alpha value is -1.83. The number of aryl methyl sites for hydroxylation is 1. The van der Waals surface area contributed by atoms with Crippen LogP contribution in [0, 0.1) is 23.0 Å². The molecule has 1 N–H and O–H groups in total. The Bertz CT molecular complexity index is 555. The Morgan fingerprint density at radius 2 is 2.00 bits per heavy atom. The number of nitro groups is 1. The number of piperidine rings is 1. The van der Waals surface area contributed by atoms with Gasteiger partial charge in [-0.15, -0.1) is 0 Å². The molecule has 23 heavy (non-hydrogen) atoms. The van der Waals surface area contributed by atoms with Crippen LogP contribution in [0.3, 0.4) is 0 Å². The Kier molecular flexibility index (Phi) is 5.46. The highest BCUT2D eigenvalue weighted by atomic mass is 19.4. The number of benzene rings is 1. The van der Waals surface area contributed by atoms with Gasteiger partial charge in [0.1, 0.15) is 0 Å². The first-order valence-electron chi connectivity index (χ1n) is 7.52. The molecule has 0 spiro atoms. The molecule has 0 aliphatic carbocycles. The number of nitro benzene ring substituents is 1. The third-order valence-electron chi connectivity index (χ3n) is 4.11. The predicted molar refractivity (Wildman–Crippen MR) is 81.5 cm³/mol. The fourth-order valence-corrected chi connectivity index (χ4v) is 2.82. The zero-order valence-electron chi connectivity index (χ0n) is 12.9. The first-order valence-corrected chi connectivity index (χ1v) is 7.52. The average molecular weight is 331 g/mol. The lowest BCUT2D eigenvalue weighted by atomic mass is 9.96. The van der Waals surface area contributed by atoms with Gasteiger partial charge in [0.15, 0.2) is 0 Å². The van der Waals surface area contributed by atoms with Crippen LogP contribution >= 0.6 is 0 Å². The lowest BCUT2D eigenvalue weighted by molar-refractivity contribution is -0.384. The van der Waals surface area contributed by atoms with E-state index in [1.807, 2.05) is 0 Å². The lowest BCUT2D eigenvalue weighted by Crippen LogP contribution is -2.41. The van der Waals surface area contributed by atoms with Gasteiger partial charge < -0.3 is 5.32 Å². The minimum Gasteiger partial charge on any atom is -0.385 e. The van der Waals surface area contributed by atoms with Crippen LogP contribution in [0.2, 0.25) is 0 Å². The summed E-state index contributed by atoms with van der Waals surface area (Å²) < 4.78 is 37.0. The van der Waals surface area contributed by atoms with Gasteiger partial charge in [0, 0.05) is 24.4 Å². The van der Waals surface area contributed by atoms with Gasteiger partial charge in [-0.3, -0.25) is 15.0 Å². The molecule has 1 aromatic carbocycles. The van der Waals surface area contributed by atoms with Crippen LogP contribution in [0.4, 0.5) is 24.5 Å². The highest BCUT2D eigenvalue weighted by molar-refractivity contribution is 5.55. The molecule has 1 aliphatic rings.